The lowest BCUT2D eigenvalue weighted by molar-refractivity contribution is 0.215. The summed E-state index contributed by atoms with van der Waals surface area (Å²) in [5, 5.41) is 4.38. The Bertz CT molecular complexity index is 821. The molecule has 3 aromatic rings. The van der Waals surface area contributed by atoms with Crippen molar-refractivity contribution in [3.05, 3.63) is 47.8 Å². The van der Waals surface area contributed by atoms with Crippen LogP contribution in [0.2, 0.25) is 0 Å². The highest BCUT2D eigenvalue weighted by Gasteiger charge is 2.26. The molecule has 0 unspecified atom stereocenters. The van der Waals surface area contributed by atoms with Crippen molar-refractivity contribution in [2.24, 2.45) is 0 Å². The number of aromatic amines is 1. The zero-order valence-corrected chi connectivity index (χ0v) is 13.2. The Balaban J connectivity index is 1.51. The lowest BCUT2D eigenvalue weighted by atomic mass is 10.2. The van der Waals surface area contributed by atoms with Crippen LogP contribution in [-0.4, -0.2) is 37.2 Å². The maximum atomic E-state index is 13.8. The molecule has 0 saturated carbocycles. The van der Waals surface area contributed by atoms with Gasteiger partial charge in [0.2, 0.25) is 0 Å². The molecule has 0 aliphatic carbocycles. The second-order valence-corrected chi connectivity index (χ2v) is 6.33. The van der Waals surface area contributed by atoms with Crippen LogP contribution in [0.1, 0.15) is 24.2 Å². The Hall–Kier alpha value is -2.21. The Morgan fingerprint density at radius 1 is 1.39 bits per heavy atom. The first-order valence-electron chi connectivity index (χ1n) is 8.05. The van der Waals surface area contributed by atoms with Crippen molar-refractivity contribution < 1.29 is 4.39 Å². The van der Waals surface area contributed by atoms with E-state index in [0.717, 1.165) is 37.4 Å². The van der Waals surface area contributed by atoms with E-state index in [1.165, 1.54) is 18.1 Å². The Morgan fingerprint density at radius 3 is 3.09 bits per heavy atom. The van der Waals surface area contributed by atoms with Gasteiger partial charge in [0.25, 0.3) is 0 Å². The fourth-order valence-corrected chi connectivity index (χ4v) is 3.41. The highest BCUT2D eigenvalue weighted by Crippen LogP contribution is 2.22. The van der Waals surface area contributed by atoms with Crippen LogP contribution >= 0.6 is 0 Å². The van der Waals surface area contributed by atoms with E-state index in [-0.39, 0.29) is 5.82 Å². The third kappa shape index (κ3) is 2.86. The number of benzene rings is 1. The van der Waals surface area contributed by atoms with Crippen LogP contribution in [-0.2, 0) is 13.1 Å². The summed E-state index contributed by atoms with van der Waals surface area (Å²) in [4.78, 5) is 10.1. The van der Waals surface area contributed by atoms with Gasteiger partial charge in [-0.05, 0) is 44.0 Å². The predicted molar refractivity (Wildman–Crippen MR) is 86.4 cm³/mol. The summed E-state index contributed by atoms with van der Waals surface area (Å²) >= 11 is 0. The van der Waals surface area contributed by atoms with Gasteiger partial charge in [0, 0.05) is 12.2 Å². The van der Waals surface area contributed by atoms with E-state index >= 15 is 0 Å². The van der Waals surface area contributed by atoms with E-state index in [9.17, 15) is 4.39 Å². The minimum absolute atomic E-state index is 0.269. The summed E-state index contributed by atoms with van der Waals surface area (Å²) in [6.45, 7) is 4.71. The minimum atomic E-state index is -0.269. The molecule has 0 amide bonds. The molecule has 1 N–H and O–H groups in total. The smallest absolute Gasteiger partial charge is 0.151 e. The molecule has 1 atom stereocenters. The Morgan fingerprint density at radius 2 is 2.30 bits per heavy atom. The summed E-state index contributed by atoms with van der Waals surface area (Å²) in [6, 6.07) is 5.47. The number of hydrogen-bond donors (Lipinski definition) is 1. The molecule has 1 aliphatic heterocycles. The van der Waals surface area contributed by atoms with E-state index in [4.69, 9.17) is 0 Å². The first kappa shape index (κ1) is 14.4. The number of likely N-dealkylation sites (tertiary alicyclic amines) is 1. The van der Waals surface area contributed by atoms with Crippen molar-refractivity contribution in [3.8, 4) is 0 Å². The standard InChI is InChI=1S/C17H20FN5/c1-12-8-19-23(9-12)10-13-4-3-7-22(13)11-16-20-15-6-2-5-14(18)17(15)21-16/h2,5-6,8-9,13H,3-4,7,10-11H2,1H3,(H,20,21)/t13-/m1/s1. The van der Waals surface area contributed by atoms with Gasteiger partial charge in [0.1, 0.15) is 11.3 Å². The number of aromatic nitrogens is 4. The molecule has 3 heterocycles. The third-order valence-electron chi connectivity index (χ3n) is 4.52. The zero-order chi connectivity index (χ0) is 15.8. The van der Waals surface area contributed by atoms with E-state index in [1.807, 2.05) is 16.9 Å². The number of hydrogen-bond acceptors (Lipinski definition) is 3. The van der Waals surface area contributed by atoms with Gasteiger partial charge in [-0.3, -0.25) is 9.58 Å². The summed E-state index contributed by atoms with van der Waals surface area (Å²) in [7, 11) is 0. The molecule has 6 heteroatoms. The van der Waals surface area contributed by atoms with Gasteiger partial charge in [-0.1, -0.05) is 6.07 Å². The molecule has 23 heavy (non-hydrogen) atoms. The highest BCUT2D eigenvalue weighted by molar-refractivity contribution is 5.75. The van der Waals surface area contributed by atoms with Gasteiger partial charge in [-0.15, -0.1) is 0 Å². The maximum Gasteiger partial charge on any atom is 0.151 e. The maximum absolute atomic E-state index is 13.8. The van der Waals surface area contributed by atoms with Crippen molar-refractivity contribution in [1.82, 2.24) is 24.6 Å². The first-order chi connectivity index (χ1) is 11.2. The van der Waals surface area contributed by atoms with Gasteiger partial charge < -0.3 is 4.98 Å². The van der Waals surface area contributed by atoms with Crippen LogP contribution in [0, 0.1) is 12.7 Å². The molecular weight excluding hydrogens is 293 g/mol. The average molecular weight is 313 g/mol. The molecule has 0 radical (unpaired) electrons. The summed E-state index contributed by atoms with van der Waals surface area (Å²) in [6.07, 6.45) is 6.31. The van der Waals surface area contributed by atoms with Gasteiger partial charge in [0.05, 0.1) is 24.8 Å². The second-order valence-electron chi connectivity index (χ2n) is 6.33. The predicted octanol–water partition coefficient (Wildman–Crippen LogP) is 2.87. The number of halogens is 1. The normalized spacial score (nSPS) is 19.0. The minimum Gasteiger partial charge on any atom is -0.341 e. The number of fused-ring (bicyclic) bond motifs is 1. The first-order valence-corrected chi connectivity index (χ1v) is 8.05. The Kier molecular flexibility index (Phi) is 3.61. The van der Waals surface area contributed by atoms with Crippen molar-refractivity contribution in [2.75, 3.05) is 6.54 Å². The van der Waals surface area contributed by atoms with Gasteiger partial charge in [-0.25, -0.2) is 9.37 Å². The van der Waals surface area contributed by atoms with Crippen LogP contribution in [0.15, 0.2) is 30.6 Å². The molecule has 1 saturated heterocycles. The number of nitrogens with zero attached hydrogens (tertiary/aromatic N) is 4. The number of aryl methyl sites for hydroxylation is 1. The molecule has 5 nitrogen and oxygen atoms in total. The molecule has 2 aromatic heterocycles. The lowest BCUT2D eigenvalue weighted by Gasteiger charge is -2.23. The molecule has 120 valence electrons. The van der Waals surface area contributed by atoms with Crippen LogP contribution < -0.4 is 0 Å². The van der Waals surface area contributed by atoms with Crippen LogP contribution in [0.25, 0.3) is 11.0 Å². The SMILES string of the molecule is Cc1cnn(C[C@H]2CCCN2Cc2nc3c(F)cccc3[nH]2)c1. The number of para-hydroxylation sites is 1. The van der Waals surface area contributed by atoms with Crippen LogP contribution in [0.3, 0.4) is 0 Å². The third-order valence-corrected chi connectivity index (χ3v) is 4.52. The lowest BCUT2D eigenvalue weighted by Crippen LogP contribution is -2.33. The number of H-pyrrole nitrogens is 1. The van der Waals surface area contributed by atoms with E-state index < -0.39 is 0 Å². The number of imidazole rings is 1. The monoisotopic (exact) mass is 313 g/mol. The fraction of sp³-hybridized carbons (Fsp3) is 0.412. The van der Waals surface area contributed by atoms with E-state index in [1.54, 1.807) is 6.07 Å². The molecule has 0 bridgehead atoms. The van der Waals surface area contributed by atoms with Gasteiger partial charge in [-0.2, -0.15) is 5.10 Å². The summed E-state index contributed by atoms with van der Waals surface area (Å²) < 4.78 is 15.8. The zero-order valence-electron chi connectivity index (χ0n) is 13.2. The van der Waals surface area contributed by atoms with Crippen molar-refractivity contribution in [1.29, 1.82) is 0 Å². The molecular formula is C17H20FN5. The molecule has 1 aliphatic rings. The number of rotatable bonds is 4. The molecule has 0 spiro atoms. The van der Waals surface area contributed by atoms with Crippen molar-refractivity contribution in [2.45, 2.75) is 38.9 Å². The van der Waals surface area contributed by atoms with Crippen molar-refractivity contribution >= 4 is 11.0 Å². The second kappa shape index (κ2) is 5.77. The number of nitrogens with one attached hydrogen (secondary N) is 1. The van der Waals surface area contributed by atoms with E-state index in [2.05, 4.69) is 33.1 Å². The fourth-order valence-electron chi connectivity index (χ4n) is 3.41. The van der Waals surface area contributed by atoms with Gasteiger partial charge in [0.15, 0.2) is 5.82 Å². The topological polar surface area (TPSA) is 49.7 Å². The average Bonchev–Trinajstić information content (AvgIpc) is 3.22. The Labute approximate surface area is 134 Å². The van der Waals surface area contributed by atoms with Crippen LogP contribution in [0.5, 0.6) is 0 Å². The summed E-state index contributed by atoms with van der Waals surface area (Å²) in [5.41, 5.74) is 2.38. The molecule has 4 rings (SSSR count). The summed E-state index contributed by atoms with van der Waals surface area (Å²) in [5.74, 6) is 0.559. The largest absolute Gasteiger partial charge is 0.341 e. The molecule has 1 fully saturated rings. The van der Waals surface area contributed by atoms with Gasteiger partial charge >= 0.3 is 0 Å². The van der Waals surface area contributed by atoms with Crippen LogP contribution in [0.4, 0.5) is 4.39 Å². The van der Waals surface area contributed by atoms with Crippen molar-refractivity contribution in [3.63, 3.8) is 0 Å². The van der Waals surface area contributed by atoms with E-state index in [0.29, 0.717) is 11.6 Å². The highest BCUT2D eigenvalue weighted by atomic mass is 19.1. The molecule has 1 aromatic carbocycles. The quantitative estimate of drug-likeness (QED) is 0.806.